The van der Waals surface area contributed by atoms with Crippen LogP contribution in [-0.4, -0.2) is 27.9 Å². The summed E-state index contributed by atoms with van der Waals surface area (Å²) in [5.74, 6) is -3.81. The van der Waals surface area contributed by atoms with E-state index in [1.54, 1.807) is 36.4 Å². The Bertz CT molecular complexity index is 4720. The van der Waals surface area contributed by atoms with Gasteiger partial charge in [0.15, 0.2) is 51.0 Å². The van der Waals surface area contributed by atoms with Crippen molar-refractivity contribution < 1.29 is 110 Å². The number of aryl methyl sites for hydroxylation is 1. The molecule has 0 amide bonds. The van der Waals surface area contributed by atoms with E-state index in [0.717, 1.165) is 56.2 Å². The largest absolute Gasteiger partial charge is 2.00 e. The molecule has 2 aliphatic heterocycles. The molecule has 0 aliphatic carbocycles. The maximum atomic E-state index is 12.1. The van der Waals surface area contributed by atoms with Crippen molar-refractivity contribution in [1.82, 2.24) is 19.9 Å². The van der Waals surface area contributed by atoms with Gasteiger partial charge in [-0.25, -0.2) is 9.97 Å². The number of aromatic carboxylic acids is 3. The van der Waals surface area contributed by atoms with Crippen molar-refractivity contribution in [3.05, 3.63) is 286 Å². The molecule has 11 aromatic rings. The van der Waals surface area contributed by atoms with Crippen LogP contribution in [0.5, 0.6) is 0 Å². The number of carbonyl (C=O) groups is 3. The molecule has 0 saturated carbocycles. The molecule has 0 saturated heterocycles. The van der Waals surface area contributed by atoms with E-state index in [-0.39, 0.29) is 85.3 Å². The van der Waals surface area contributed by atoms with Gasteiger partial charge in [-0.1, -0.05) is 103 Å². The van der Waals surface area contributed by atoms with E-state index in [1.165, 1.54) is 18.2 Å². The Morgan fingerprint density at radius 1 is 0.364 bits per heavy atom. The van der Waals surface area contributed by atoms with Crippen molar-refractivity contribution in [1.29, 1.82) is 0 Å². The molecule has 7 aromatic heterocycles. The average molecular weight is 1410 g/mol. The minimum atomic E-state index is -1.27. The molecular weight excluding hydrogens is 1350 g/mol. The number of pyridine rings is 4. The number of rotatable bonds is 15. The standard InChI is InChI=1S/C72H52N8O6.Mn.Ra/c1-46-14-10-15-47(38-46)42-77-34-6-2-22-62(77)66-54-26-28-56(73-54)67(63-23-3-7-35-78(63)43-48-16-11-19-51(39-48)70(81)82)58-30-32-60(75-58)69(65-25-5-9-37-80(65)45-50-18-13-21-53(41-50)72(85)86)61-33-31-59(76-61)68(57-29-27-55(66)74-57)64-24-4-8-36-79(64)44-49-17-12-20-52(40-49)71(83)84;;/h2-41H,42-45H2,1H3,(H-3,73,74,75,76,81,82,83,84,85,86);;/q;+2;/p-1. The first-order chi connectivity index (χ1) is 42.0. The predicted octanol–water partition coefficient (Wildman–Crippen LogP) is 7.32. The van der Waals surface area contributed by atoms with E-state index in [2.05, 4.69) is 57.2 Å². The van der Waals surface area contributed by atoms with Crippen LogP contribution in [0.2, 0.25) is 0 Å². The second-order valence-corrected chi connectivity index (χ2v) is 21.2. The number of carboxylic acid groups (broad SMARTS) is 3. The molecule has 3 radical (unpaired) electrons. The van der Waals surface area contributed by atoms with Crippen LogP contribution < -0.4 is 43.6 Å². The number of nitrogens with zero attached hydrogens (tertiary/aromatic N) is 8. The number of carboxylic acids is 3. The maximum Gasteiger partial charge on any atom is 2.00 e. The Labute approximate surface area is 553 Å². The van der Waals surface area contributed by atoms with Crippen molar-refractivity contribution in [3.8, 4) is 45.0 Å². The molecule has 0 unspecified atom stereocenters. The molecule has 4 aromatic carbocycles. The molecule has 0 fully saturated rings. The van der Waals surface area contributed by atoms with E-state index in [9.17, 15) is 29.7 Å². The zero-order valence-corrected chi connectivity index (χ0v) is 54.5. The van der Waals surface area contributed by atoms with Gasteiger partial charge in [0.2, 0.25) is 22.8 Å². The third kappa shape index (κ3) is 12.5. The summed E-state index contributed by atoms with van der Waals surface area (Å²) in [4.78, 5) is 58.7. The molecule has 2 aliphatic rings. The maximum absolute atomic E-state index is 12.1. The monoisotopic (exact) mass is 1400 g/mol. The second kappa shape index (κ2) is 26.2. The minimum Gasteiger partial charge on any atom is -0.656 e. The Morgan fingerprint density at radius 3 is 0.909 bits per heavy atom. The van der Waals surface area contributed by atoms with Gasteiger partial charge in [0.25, 0.3) is 0 Å². The van der Waals surface area contributed by atoms with Gasteiger partial charge in [-0.05, 0) is 96.4 Å². The van der Waals surface area contributed by atoms with Crippen LogP contribution in [-0.2, 0) is 43.2 Å². The smallest absolute Gasteiger partial charge is 0.656 e. The molecule has 0 spiro atoms. The van der Waals surface area contributed by atoms with Crippen molar-refractivity contribution >= 4 is 64.3 Å². The Kier molecular flexibility index (Phi) is 17.9. The Morgan fingerprint density at radius 2 is 0.636 bits per heavy atom. The van der Waals surface area contributed by atoms with Crippen LogP contribution in [0, 0.1) is 51.9 Å². The van der Waals surface area contributed by atoms with Gasteiger partial charge in [0.05, 0.1) is 62.9 Å². The zero-order chi connectivity index (χ0) is 58.8. The van der Waals surface area contributed by atoms with Gasteiger partial charge in [0.1, 0.15) is 0 Å². The van der Waals surface area contributed by atoms with Crippen LogP contribution >= 0.6 is 0 Å². The van der Waals surface area contributed by atoms with Gasteiger partial charge < -0.3 is 39.7 Å². The number of fused-ring (bicyclic) bond motifs is 8. The summed E-state index contributed by atoms with van der Waals surface area (Å²) in [6.45, 7) is 3.53. The zero-order valence-electron chi connectivity index (χ0n) is 47.5. The predicted molar refractivity (Wildman–Crippen MR) is 319 cm³/mol. The van der Waals surface area contributed by atoms with Gasteiger partial charge in [-0.15, -0.1) is 22.1 Å². The van der Waals surface area contributed by atoms with Crippen LogP contribution in [0.15, 0.2) is 219 Å². The van der Waals surface area contributed by atoms with E-state index in [1.807, 2.05) is 157 Å². The summed E-state index contributed by atoms with van der Waals surface area (Å²) < 4.78 is 8.37. The van der Waals surface area contributed by atoms with Crippen LogP contribution in [0.3, 0.4) is 0 Å². The van der Waals surface area contributed by atoms with Crippen molar-refractivity contribution in [3.63, 3.8) is 0 Å². The van der Waals surface area contributed by atoms with Crippen LogP contribution in [0.25, 0.3) is 91.4 Å². The summed E-state index contributed by atoms with van der Waals surface area (Å²) in [6, 6.07) is 60.4. The second-order valence-electron chi connectivity index (χ2n) is 21.2. The molecule has 0 atom stereocenters. The molecular formula is C72H51MnN8O6Ra+. The van der Waals surface area contributed by atoms with Crippen LogP contribution in [0.4, 0.5) is 0 Å². The van der Waals surface area contributed by atoms with E-state index < -0.39 is 17.9 Å². The van der Waals surface area contributed by atoms with Gasteiger partial charge >= 0.3 is 17.1 Å². The van der Waals surface area contributed by atoms with Gasteiger partial charge in [-0.2, -0.15) is 18.3 Å². The molecule has 88 heavy (non-hydrogen) atoms. The average Bonchev–Trinajstić information content (AvgIpc) is 2.52. The topological polar surface area (TPSA) is 190 Å². The molecule has 14 nitrogen and oxygen atoms in total. The molecule has 13 rings (SSSR count). The summed E-state index contributed by atoms with van der Waals surface area (Å²) >= 11 is 0. The Balaban J connectivity index is 0.00000400. The number of hydrogen-bond acceptors (Lipinski definition) is 8. The molecule has 16 heteroatoms. The number of benzene rings is 4. The normalized spacial score (nSPS) is 11.4. The molecule has 8 bridgehead atoms. The fourth-order valence-electron chi connectivity index (χ4n) is 11.5. The fourth-order valence-corrected chi connectivity index (χ4v) is 11.5. The fraction of sp³-hybridized carbons (Fsp3) is 0.0694. The quantitative estimate of drug-likeness (QED) is 0.0743. The first-order valence-electron chi connectivity index (χ1n) is 28.0. The summed E-state index contributed by atoms with van der Waals surface area (Å²) in [5.41, 5.74) is 15.5. The van der Waals surface area contributed by atoms with Crippen molar-refractivity contribution in [2.24, 2.45) is 0 Å². The first kappa shape index (κ1) is 60.2. The van der Waals surface area contributed by atoms with Crippen molar-refractivity contribution in [2.45, 2.75) is 33.1 Å². The third-order valence-corrected chi connectivity index (χ3v) is 15.4. The van der Waals surface area contributed by atoms with E-state index >= 15 is 0 Å². The Hall–Kier alpha value is -9.52. The summed E-state index contributed by atoms with van der Waals surface area (Å²) in [6.07, 6.45) is 15.9. The van der Waals surface area contributed by atoms with E-state index in [4.69, 9.17) is 19.9 Å². The molecule has 9 heterocycles. The van der Waals surface area contributed by atoms with Gasteiger partial charge in [-0.3, -0.25) is 0 Å². The van der Waals surface area contributed by atoms with Crippen LogP contribution in [0.1, 0.15) is 81.7 Å². The number of hydrogen-bond donors (Lipinski definition) is 0. The molecule has 0 N–H and O–H groups in total. The minimum absolute atomic E-state index is 0. The van der Waals surface area contributed by atoms with Gasteiger partial charge in [0, 0.05) is 116 Å². The van der Waals surface area contributed by atoms with E-state index in [0.29, 0.717) is 81.2 Å². The third-order valence-electron chi connectivity index (χ3n) is 15.4. The SMILES string of the molecule is Cc1cccc(C[n+]2ccccc2-c2c3nc(c(-c4cccc[n+]4Cc4cccc(C(=O)[O-])c4)c4ccc([n-]4)c(-c4cccc[n+]4Cc4cccc(C(=O)[O-])c4)c4nc(c(-c5cccc[n+]5Cc5cccc(C(=O)[O-])c5)c5ccc2[n-]5)C=C4)C=C3)c1.[Mn+2].[Ra]. The first-order valence-corrected chi connectivity index (χ1v) is 28.0. The summed E-state index contributed by atoms with van der Waals surface area (Å²) in [5, 5.41) is 36.4. The van der Waals surface area contributed by atoms with Crippen molar-refractivity contribution in [2.75, 3.05) is 0 Å². The molecule has 423 valence electrons. The number of carbonyl (C=O) groups excluding carboxylic acids is 3. The summed E-state index contributed by atoms with van der Waals surface area (Å²) in [7, 11) is 0. The number of aromatic nitrogens is 8.